The highest BCUT2D eigenvalue weighted by molar-refractivity contribution is 7.99. The fourth-order valence-electron chi connectivity index (χ4n) is 2.92. The Morgan fingerprint density at radius 3 is 2.67 bits per heavy atom. The third kappa shape index (κ3) is 3.53. The number of aryl methyl sites for hydroxylation is 1. The van der Waals surface area contributed by atoms with Gasteiger partial charge in [-0.15, -0.1) is 10.2 Å². The van der Waals surface area contributed by atoms with Gasteiger partial charge in [0.2, 0.25) is 0 Å². The first kappa shape index (κ1) is 15.1. The quantitative estimate of drug-likeness (QED) is 0.929. The number of rotatable bonds is 3. The molecule has 1 fully saturated rings. The van der Waals surface area contributed by atoms with Crippen LogP contribution in [0.1, 0.15) is 30.9 Å². The zero-order chi connectivity index (χ0) is 14.9. The second kappa shape index (κ2) is 6.16. The largest absolute Gasteiger partial charge is 0.393 e. The van der Waals surface area contributed by atoms with Gasteiger partial charge in [0, 0.05) is 19.0 Å². The lowest BCUT2D eigenvalue weighted by Crippen LogP contribution is -2.35. The molecule has 3 rings (SSSR count). The van der Waals surface area contributed by atoms with E-state index < -0.39 is 12.1 Å². The molecule has 0 aliphatic carbocycles. The molecule has 1 saturated heterocycles. The second-order valence-electron chi connectivity index (χ2n) is 5.69. The smallest absolute Gasteiger partial charge is 0.313 e. The van der Waals surface area contributed by atoms with Crippen LogP contribution in [0.5, 0.6) is 0 Å². The molecular formula is C13H19F3N4S. The molecular weight excluding hydrogens is 301 g/mol. The van der Waals surface area contributed by atoms with Crippen LogP contribution in [-0.2, 0) is 19.5 Å². The van der Waals surface area contributed by atoms with Gasteiger partial charge in [0.15, 0.2) is 0 Å². The van der Waals surface area contributed by atoms with Crippen LogP contribution in [0.2, 0.25) is 0 Å². The van der Waals surface area contributed by atoms with Crippen LogP contribution in [0.15, 0.2) is 0 Å². The number of halogens is 3. The summed E-state index contributed by atoms with van der Waals surface area (Å²) in [5, 5.41) is 11.5. The van der Waals surface area contributed by atoms with E-state index in [0.717, 1.165) is 24.3 Å². The molecule has 0 bridgehead atoms. The van der Waals surface area contributed by atoms with E-state index in [4.69, 9.17) is 0 Å². The maximum atomic E-state index is 12.9. The van der Waals surface area contributed by atoms with Crippen LogP contribution in [0.3, 0.4) is 0 Å². The van der Waals surface area contributed by atoms with Crippen LogP contribution >= 0.6 is 11.8 Å². The van der Waals surface area contributed by atoms with Gasteiger partial charge < -0.3 is 9.88 Å². The Morgan fingerprint density at radius 1 is 1.19 bits per heavy atom. The van der Waals surface area contributed by atoms with Gasteiger partial charge in [-0.1, -0.05) is 0 Å². The molecule has 1 aromatic rings. The van der Waals surface area contributed by atoms with E-state index in [1.807, 2.05) is 11.8 Å². The highest BCUT2D eigenvalue weighted by Crippen LogP contribution is 2.34. The summed E-state index contributed by atoms with van der Waals surface area (Å²) in [5.41, 5.74) is 0. The number of aromatic nitrogens is 3. The molecule has 8 heteroatoms. The van der Waals surface area contributed by atoms with E-state index in [2.05, 4.69) is 15.5 Å². The minimum Gasteiger partial charge on any atom is -0.313 e. The number of nitrogens with one attached hydrogen (secondary N) is 1. The minimum absolute atomic E-state index is 0.0383. The molecule has 0 saturated carbocycles. The van der Waals surface area contributed by atoms with Crippen molar-refractivity contribution < 1.29 is 13.2 Å². The molecule has 0 spiro atoms. The molecule has 1 N–H and O–H groups in total. The summed E-state index contributed by atoms with van der Waals surface area (Å²) in [5.74, 6) is 2.34. The number of hydrogen-bond donors (Lipinski definition) is 1. The second-order valence-corrected chi connectivity index (χ2v) is 6.91. The molecule has 21 heavy (non-hydrogen) atoms. The van der Waals surface area contributed by atoms with Gasteiger partial charge in [0.1, 0.15) is 11.6 Å². The first-order valence-corrected chi connectivity index (χ1v) is 8.48. The third-order valence-corrected chi connectivity index (χ3v) is 5.31. The van der Waals surface area contributed by atoms with Crippen molar-refractivity contribution in [1.29, 1.82) is 0 Å². The van der Waals surface area contributed by atoms with Crippen LogP contribution in [0, 0.1) is 5.92 Å². The molecule has 1 aromatic heterocycles. The molecule has 118 valence electrons. The Labute approximate surface area is 125 Å². The molecule has 0 aromatic carbocycles. The SMILES string of the molecule is FC(F)(F)[C@H]1CCc2nnc(CNC3CCSCC3)n2C1. The van der Waals surface area contributed by atoms with Crippen LogP contribution in [0.25, 0.3) is 0 Å². The highest BCUT2D eigenvalue weighted by atomic mass is 32.2. The van der Waals surface area contributed by atoms with Crippen molar-refractivity contribution in [3.8, 4) is 0 Å². The monoisotopic (exact) mass is 320 g/mol. The van der Waals surface area contributed by atoms with Crippen molar-refractivity contribution in [2.24, 2.45) is 5.92 Å². The average molecular weight is 320 g/mol. The number of nitrogens with zero attached hydrogens (tertiary/aromatic N) is 3. The van der Waals surface area contributed by atoms with Gasteiger partial charge in [0.25, 0.3) is 0 Å². The normalized spacial score (nSPS) is 24.0. The molecule has 4 nitrogen and oxygen atoms in total. The summed E-state index contributed by atoms with van der Waals surface area (Å²) in [6.45, 7) is 0.469. The first-order chi connectivity index (χ1) is 10.0. The maximum Gasteiger partial charge on any atom is 0.393 e. The van der Waals surface area contributed by atoms with E-state index in [1.165, 1.54) is 0 Å². The molecule has 0 radical (unpaired) electrons. The van der Waals surface area contributed by atoms with E-state index in [-0.39, 0.29) is 13.0 Å². The number of thioether (sulfide) groups is 1. The van der Waals surface area contributed by atoms with Crippen molar-refractivity contribution in [2.75, 3.05) is 11.5 Å². The molecule has 2 aliphatic heterocycles. The van der Waals surface area contributed by atoms with E-state index in [0.29, 0.717) is 30.7 Å². The number of fused-ring (bicyclic) bond motifs is 1. The van der Waals surface area contributed by atoms with Crippen molar-refractivity contribution in [1.82, 2.24) is 20.1 Å². The molecule has 0 amide bonds. The van der Waals surface area contributed by atoms with Crippen molar-refractivity contribution in [3.05, 3.63) is 11.6 Å². The van der Waals surface area contributed by atoms with Crippen LogP contribution in [-0.4, -0.2) is 38.5 Å². The summed E-state index contributed by atoms with van der Waals surface area (Å²) in [6, 6.07) is 0.446. The predicted octanol–water partition coefficient (Wildman–Crippen LogP) is 2.39. The summed E-state index contributed by atoms with van der Waals surface area (Å²) < 4.78 is 40.3. The maximum absolute atomic E-state index is 12.9. The average Bonchev–Trinajstić information content (AvgIpc) is 2.87. The van der Waals surface area contributed by atoms with E-state index in [1.54, 1.807) is 4.57 Å². The first-order valence-electron chi connectivity index (χ1n) is 7.33. The summed E-state index contributed by atoms with van der Waals surface area (Å²) in [6.07, 6.45) is -1.44. The van der Waals surface area contributed by atoms with Gasteiger partial charge in [-0.2, -0.15) is 24.9 Å². The number of alkyl halides is 3. The lowest BCUT2D eigenvalue weighted by molar-refractivity contribution is -0.182. The van der Waals surface area contributed by atoms with Gasteiger partial charge in [-0.25, -0.2) is 0 Å². The van der Waals surface area contributed by atoms with Crippen molar-refractivity contribution in [2.45, 2.75) is 51.0 Å². The zero-order valence-electron chi connectivity index (χ0n) is 11.7. The zero-order valence-corrected chi connectivity index (χ0v) is 12.5. The third-order valence-electron chi connectivity index (χ3n) is 4.26. The Morgan fingerprint density at radius 2 is 1.95 bits per heavy atom. The lowest BCUT2D eigenvalue weighted by atomic mass is 9.99. The molecule has 1 atom stereocenters. The van der Waals surface area contributed by atoms with Crippen molar-refractivity contribution >= 4 is 11.8 Å². The van der Waals surface area contributed by atoms with E-state index >= 15 is 0 Å². The molecule has 0 unspecified atom stereocenters. The predicted molar refractivity (Wildman–Crippen MR) is 75.1 cm³/mol. The summed E-state index contributed by atoms with van der Waals surface area (Å²) >= 11 is 1.95. The lowest BCUT2D eigenvalue weighted by Gasteiger charge is -2.27. The van der Waals surface area contributed by atoms with Gasteiger partial charge in [-0.05, 0) is 30.8 Å². The molecule has 2 aliphatic rings. The Kier molecular flexibility index (Phi) is 4.44. The highest BCUT2D eigenvalue weighted by Gasteiger charge is 2.42. The standard InChI is InChI=1S/C13H19F3N4S/c14-13(15,16)9-1-2-11-18-19-12(20(11)8-9)7-17-10-3-5-21-6-4-10/h9-10,17H,1-8H2/t9-/m0/s1. The Balaban J connectivity index is 1.64. The van der Waals surface area contributed by atoms with E-state index in [9.17, 15) is 13.2 Å². The molecule has 3 heterocycles. The van der Waals surface area contributed by atoms with Gasteiger partial charge >= 0.3 is 6.18 Å². The topological polar surface area (TPSA) is 42.7 Å². The Bertz CT molecular complexity index is 482. The fraction of sp³-hybridized carbons (Fsp3) is 0.846. The van der Waals surface area contributed by atoms with Crippen molar-refractivity contribution in [3.63, 3.8) is 0 Å². The number of hydrogen-bond acceptors (Lipinski definition) is 4. The van der Waals surface area contributed by atoms with Crippen LogP contribution < -0.4 is 5.32 Å². The Hall–Kier alpha value is -0.760. The summed E-state index contributed by atoms with van der Waals surface area (Å²) in [7, 11) is 0. The fourth-order valence-corrected chi connectivity index (χ4v) is 4.02. The van der Waals surface area contributed by atoms with Gasteiger partial charge in [0.05, 0.1) is 12.5 Å². The minimum atomic E-state index is -4.13. The van der Waals surface area contributed by atoms with Crippen LogP contribution in [0.4, 0.5) is 13.2 Å². The summed E-state index contributed by atoms with van der Waals surface area (Å²) in [4.78, 5) is 0. The van der Waals surface area contributed by atoms with Gasteiger partial charge in [-0.3, -0.25) is 0 Å².